The minimum Gasteiger partial charge on any atom is -0.258 e. The lowest BCUT2D eigenvalue weighted by atomic mass is 10.0. The van der Waals surface area contributed by atoms with Gasteiger partial charge in [-0.05, 0) is 23.6 Å². The number of nitrogens with zero attached hydrogens (tertiary/aromatic N) is 1. The molecule has 0 saturated heterocycles. The molecule has 1 aromatic carbocycles. The van der Waals surface area contributed by atoms with Crippen LogP contribution < -0.4 is 0 Å². The lowest BCUT2D eigenvalue weighted by Gasteiger charge is -2.05. The summed E-state index contributed by atoms with van der Waals surface area (Å²) in [6, 6.07) is 1.98. The van der Waals surface area contributed by atoms with Gasteiger partial charge in [0.25, 0.3) is 0 Å². The summed E-state index contributed by atoms with van der Waals surface area (Å²) in [7, 11) is 0. The molecule has 0 N–H and O–H groups in total. The van der Waals surface area contributed by atoms with Crippen LogP contribution in [0.4, 0.5) is 14.5 Å². The highest BCUT2D eigenvalue weighted by atomic mass is 19.1. The van der Waals surface area contributed by atoms with Gasteiger partial charge in [0.05, 0.1) is 4.92 Å². The van der Waals surface area contributed by atoms with Crippen molar-refractivity contribution in [1.29, 1.82) is 0 Å². The highest BCUT2D eigenvalue weighted by Crippen LogP contribution is 2.26. The first-order valence-electron chi connectivity index (χ1n) is 4.06. The molecule has 0 aliphatic rings. The van der Waals surface area contributed by atoms with Gasteiger partial charge in [-0.2, -0.15) is 8.78 Å². The van der Waals surface area contributed by atoms with Gasteiger partial charge in [0, 0.05) is 0 Å². The molecule has 0 radical (unpaired) electrons. The molecule has 0 aromatic heterocycles. The maximum atomic E-state index is 13.0. The van der Waals surface area contributed by atoms with E-state index in [1.165, 1.54) is 0 Å². The van der Waals surface area contributed by atoms with Gasteiger partial charge in [0.1, 0.15) is 0 Å². The molecule has 3 nitrogen and oxygen atoms in total. The smallest absolute Gasteiger partial charge is 0.258 e. The molecule has 14 heavy (non-hydrogen) atoms. The Morgan fingerprint density at radius 1 is 1.29 bits per heavy atom. The van der Waals surface area contributed by atoms with Crippen LogP contribution in [0.15, 0.2) is 12.1 Å². The van der Waals surface area contributed by atoms with Crippen LogP contribution in [-0.4, -0.2) is 4.92 Å². The van der Waals surface area contributed by atoms with Crippen molar-refractivity contribution in [3.63, 3.8) is 0 Å². The number of nitro benzene ring substituents is 1. The molecule has 0 spiro atoms. The second kappa shape index (κ2) is 3.69. The third-order valence-electron chi connectivity index (χ3n) is 1.89. The molecule has 5 heteroatoms. The fourth-order valence-electron chi connectivity index (χ4n) is 1.09. The number of hydrogen-bond acceptors (Lipinski definition) is 2. The van der Waals surface area contributed by atoms with Crippen molar-refractivity contribution in [2.24, 2.45) is 0 Å². The lowest BCUT2D eigenvalue weighted by Crippen LogP contribution is -1.99. The molecule has 0 unspecified atom stereocenters. The number of hydrogen-bond donors (Lipinski definition) is 0. The molecule has 0 fully saturated rings. The molecular weight excluding hydrogens is 192 g/mol. The third-order valence-corrected chi connectivity index (χ3v) is 1.89. The van der Waals surface area contributed by atoms with E-state index in [1.807, 2.05) is 0 Å². The molecular formula is C9H9F2NO2. The van der Waals surface area contributed by atoms with Crippen LogP contribution in [0.25, 0.3) is 0 Å². The van der Waals surface area contributed by atoms with Crippen molar-refractivity contribution in [2.75, 3.05) is 0 Å². The maximum Gasteiger partial charge on any atom is 0.340 e. The van der Waals surface area contributed by atoms with Crippen molar-refractivity contribution < 1.29 is 13.7 Å². The predicted octanol–water partition coefficient (Wildman–Crippen LogP) is 3.00. The van der Waals surface area contributed by atoms with E-state index < -0.39 is 22.2 Å². The summed E-state index contributed by atoms with van der Waals surface area (Å²) in [5.74, 6) is -2.32. The Hall–Kier alpha value is -1.52. The Labute approximate surface area is 79.5 Å². The van der Waals surface area contributed by atoms with E-state index >= 15 is 0 Å². The van der Waals surface area contributed by atoms with Gasteiger partial charge in [0.15, 0.2) is 0 Å². The topological polar surface area (TPSA) is 43.1 Å². The first-order chi connectivity index (χ1) is 6.43. The Morgan fingerprint density at radius 3 is 2.00 bits per heavy atom. The first kappa shape index (κ1) is 10.6. The van der Waals surface area contributed by atoms with Gasteiger partial charge < -0.3 is 0 Å². The standard InChI is InChI=1S/C9H9F2NO2/c1-5(2)6-3-7(10)9(12(13)14)8(11)4-6/h3-5H,1-2H3. The van der Waals surface area contributed by atoms with Crippen LogP contribution in [0.5, 0.6) is 0 Å². The van der Waals surface area contributed by atoms with Gasteiger partial charge in [-0.1, -0.05) is 13.8 Å². The summed E-state index contributed by atoms with van der Waals surface area (Å²) < 4.78 is 26.1. The third kappa shape index (κ3) is 1.86. The highest BCUT2D eigenvalue weighted by molar-refractivity contribution is 5.37. The van der Waals surface area contributed by atoms with E-state index in [2.05, 4.69) is 0 Å². The molecule has 0 saturated carbocycles. The minimum atomic E-state index is -1.13. The summed E-state index contributed by atoms with van der Waals surface area (Å²) in [5.41, 5.74) is -0.681. The summed E-state index contributed by atoms with van der Waals surface area (Å²) in [5, 5.41) is 10.2. The van der Waals surface area contributed by atoms with E-state index in [0.717, 1.165) is 12.1 Å². The van der Waals surface area contributed by atoms with Crippen LogP contribution >= 0.6 is 0 Å². The fraction of sp³-hybridized carbons (Fsp3) is 0.333. The highest BCUT2D eigenvalue weighted by Gasteiger charge is 2.22. The molecule has 0 heterocycles. The van der Waals surface area contributed by atoms with Gasteiger partial charge in [-0.15, -0.1) is 0 Å². The number of benzene rings is 1. The van der Waals surface area contributed by atoms with Crippen molar-refractivity contribution in [2.45, 2.75) is 19.8 Å². The normalized spacial score (nSPS) is 10.6. The zero-order chi connectivity index (χ0) is 10.9. The molecule has 1 rings (SSSR count). The van der Waals surface area contributed by atoms with Crippen LogP contribution in [0, 0.1) is 21.7 Å². The fourth-order valence-corrected chi connectivity index (χ4v) is 1.09. The number of halogens is 2. The van der Waals surface area contributed by atoms with Crippen molar-refractivity contribution in [1.82, 2.24) is 0 Å². The molecule has 0 atom stereocenters. The van der Waals surface area contributed by atoms with E-state index in [0.29, 0.717) is 5.56 Å². The van der Waals surface area contributed by atoms with E-state index in [-0.39, 0.29) is 5.92 Å². The van der Waals surface area contributed by atoms with Gasteiger partial charge in [-0.3, -0.25) is 10.1 Å². The zero-order valence-corrected chi connectivity index (χ0v) is 7.75. The summed E-state index contributed by atoms with van der Waals surface area (Å²) in [6.45, 7) is 3.50. The Kier molecular flexibility index (Phi) is 2.78. The van der Waals surface area contributed by atoms with Crippen LogP contribution in [0.1, 0.15) is 25.3 Å². The lowest BCUT2D eigenvalue weighted by molar-refractivity contribution is -0.390. The molecule has 0 bridgehead atoms. The van der Waals surface area contributed by atoms with Gasteiger partial charge in [0.2, 0.25) is 11.6 Å². The Bertz CT molecular complexity index is 354. The summed E-state index contributed by atoms with van der Waals surface area (Å²) in [6.07, 6.45) is 0. The minimum absolute atomic E-state index is 0.0696. The maximum absolute atomic E-state index is 13.0. The summed E-state index contributed by atoms with van der Waals surface area (Å²) >= 11 is 0. The van der Waals surface area contributed by atoms with Crippen LogP contribution in [0.2, 0.25) is 0 Å². The molecule has 0 amide bonds. The first-order valence-corrected chi connectivity index (χ1v) is 4.06. The van der Waals surface area contributed by atoms with Crippen LogP contribution in [-0.2, 0) is 0 Å². The van der Waals surface area contributed by atoms with Gasteiger partial charge in [-0.25, -0.2) is 0 Å². The van der Waals surface area contributed by atoms with Crippen molar-refractivity contribution >= 4 is 5.69 Å². The largest absolute Gasteiger partial charge is 0.340 e. The second-order valence-corrected chi connectivity index (χ2v) is 3.24. The molecule has 76 valence electrons. The van der Waals surface area contributed by atoms with Gasteiger partial charge >= 0.3 is 5.69 Å². The second-order valence-electron chi connectivity index (χ2n) is 3.24. The van der Waals surface area contributed by atoms with Crippen molar-refractivity contribution in [3.8, 4) is 0 Å². The monoisotopic (exact) mass is 201 g/mol. The summed E-state index contributed by atoms with van der Waals surface area (Å²) in [4.78, 5) is 9.19. The Balaban J connectivity index is 3.32. The number of rotatable bonds is 2. The average Bonchev–Trinajstić information content (AvgIpc) is 2.01. The zero-order valence-electron chi connectivity index (χ0n) is 7.75. The van der Waals surface area contributed by atoms with Crippen molar-refractivity contribution in [3.05, 3.63) is 39.4 Å². The molecule has 1 aromatic rings. The van der Waals surface area contributed by atoms with E-state index in [9.17, 15) is 18.9 Å². The predicted molar refractivity (Wildman–Crippen MR) is 47.1 cm³/mol. The van der Waals surface area contributed by atoms with E-state index in [4.69, 9.17) is 0 Å². The SMILES string of the molecule is CC(C)c1cc(F)c([N+](=O)[O-])c(F)c1. The Morgan fingerprint density at radius 2 is 1.71 bits per heavy atom. The quantitative estimate of drug-likeness (QED) is 0.545. The average molecular weight is 201 g/mol. The molecule has 0 aliphatic heterocycles. The van der Waals surface area contributed by atoms with Crippen LogP contribution in [0.3, 0.4) is 0 Å². The number of nitro groups is 1. The molecule has 0 aliphatic carbocycles. The van der Waals surface area contributed by atoms with E-state index in [1.54, 1.807) is 13.8 Å².